The Kier molecular flexibility index (Phi) is 5.85. The Morgan fingerprint density at radius 2 is 2.20 bits per heavy atom. The van der Waals surface area contributed by atoms with Gasteiger partial charge in [-0.3, -0.25) is 0 Å². The van der Waals surface area contributed by atoms with Crippen LogP contribution < -0.4 is 10.2 Å². The van der Waals surface area contributed by atoms with Crippen LogP contribution in [0, 0.1) is 11.8 Å². The number of nitrogens with one attached hydrogen (secondary N) is 1. The van der Waals surface area contributed by atoms with E-state index in [0.29, 0.717) is 0 Å². The van der Waals surface area contributed by atoms with Gasteiger partial charge >= 0.3 is 0 Å². The summed E-state index contributed by atoms with van der Waals surface area (Å²) < 4.78 is 0. The molecule has 1 saturated heterocycles. The van der Waals surface area contributed by atoms with Gasteiger partial charge in [-0.2, -0.15) is 0 Å². The number of rotatable bonds is 7. The fourth-order valence-corrected chi connectivity index (χ4v) is 3.93. The van der Waals surface area contributed by atoms with Crippen LogP contribution in [0.2, 0.25) is 0 Å². The van der Waals surface area contributed by atoms with E-state index in [1.165, 1.54) is 41.6 Å². The predicted octanol–water partition coefficient (Wildman–Crippen LogP) is 3.69. The van der Waals surface area contributed by atoms with Crippen LogP contribution in [-0.2, 0) is 13.0 Å². The minimum Gasteiger partial charge on any atom is -0.348 e. The van der Waals surface area contributed by atoms with Crippen molar-refractivity contribution in [2.45, 2.75) is 53.5 Å². The Labute approximate surface area is 127 Å². The molecule has 0 amide bonds. The van der Waals surface area contributed by atoms with Crippen LogP contribution >= 0.6 is 11.3 Å². The number of aromatic nitrogens is 1. The van der Waals surface area contributed by atoms with Gasteiger partial charge in [0.05, 0.1) is 5.69 Å². The number of aryl methyl sites for hydroxylation is 1. The molecule has 0 spiro atoms. The lowest BCUT2D eigenvalue weighted by Crippen LogP contribution is -2.20. The van der Waals surface area contributed by atoms with Crippen molar-refractivity contribution < 1.29 is 0 Å². The fourth-order valence-electron chi connectivity index (χ4n) is 2.82. The van der Waals surface area contributed by atoms with Gasteiger partial charge in [0.25, 0.3) is 0 Å². The zero-order valence-electron chi connectivity index (χ0n) is 13.4. The summed E-state index contributed by atoms with van der Waals surface area (Å²) >= 11 is 1.90. The van der Waals surface area contributed by atoms with Crippen LogP contribution in [0.5, 0.6) is 0 Å². The normalized spacial score (nSPS) is 19.2. The third kappa shape index (κ3) is 3.73. The maximum atomic E-state index is 4.93. The third-order valence-corrected chi connectivity index (χ3v) is 5.39. The minimum absolute atomic E-state index is 0.788. The smallest absolute Gasteiger partial charge is 0.185 e. The van der Waals surface area contributed by atoms with Crippen LogP contribution in [0.25, 0.3) is 0 Å². The molecule has 2 heterocycles. The molecule has 3 nitrogen and oxygen atoms in total. The van der Waals surface area contributed by atoms with Crippen molar-refractivity contribution >= 4 is 16.5 Å². The van der Waals surface area contributed by atoms with E-state index < -0.39 is 0 Å². The molecule has 20 heavy (non-hydrogen) atoms. The van der Waals surface area contributed by atoms with Gasteiger partial charge in [-0.25, -0.2) is 4.98 Å². The van der Waals surface area contributed by atoms with Crippen LogP contribution in [-0.4, -0.2) is 24.6 Å². The maximum Gasteiger partial charge on any atom is 0.185 e. The van der Waals surface area contributed by atoms with E-state index in [4.69, 9.17) is 4.98 Å². The molecule has 1 unspecified atom stereocenters. The van der Waals surface area contributed by atoms with Crippen molar-refractivity contribution in [2.24, 2.45) is 11.8 Å². The maximum absolute atomic E-state index is 4.93. The molecule has 1 aliphatic rings. The average molecular weight is 295 g/mol. The number of nitrogens with zero attached hydrogens (tertiary/aromatic N) is 2. The summed E-state index contributed by atoms with van der Waals surface area (Å²) in [4.78, 5) is 8.88. The van der Waals surface area contributed by atoms with Crippen LogP contribution in [0.3, 0.4) is 0 Å². The first-order valence-electron chi connectivity index (χ1n) is 8.09. The summed E-state index contributed by atoms with van der Waals surface area (Å²) in [6, 6.07) is 0. The van der Waals surface area contributed by atoms with Crippen molar-refractivity contribution in [3.05, 3.63) is 10.6 Å². The van der Waals surface area contributed by atoms with E-state index in [2.05, 4.69) is 37.9 Å². The number of hydrogen-bond donors (Lipinski definition) is 1. The molecule has 0 radical (unpaired) electrons. The molecule has 4 heteroatoms. The van der Waals surface area contributed by atoms with Crippen LogP contribution in [0.1, 0.15) is 51.1 Å². The number of hydrogen-bond acceptors (Lipinski definition) is 4. The molecule has 0 saturated carbocycles. The summed E-state index contributed by atoms with van der Waals surface area (Å²) in [6.07, 6.45) is 3.61. The van der Waals surface area contributed by atoms with Gasteiger partial charge < -0.3 is 10.2 Å². The third-order valence-electron chi connectivity index (χ3n) is 4.23. The summed E-state index contributed by atoms with van der Waals surface area (Å²) in [6.45, 7) is 13.5. The van der Waals surface area contributed by atoms with Gasteiger partial charge in [0, 0.05) is 24.5 Å². The van der Waals surface area contributed by atoms with E-state index in [9.17, 15) is 0 Å². The molecule has 0 aliphatic carbocycles. The lowest BCUT2D eigenvalue weighted by atomic mass is 9.95. The second-order valence-corrected chi connectivity index (χ2v) is 7.20. The van der Waals surface area contributed by atoms with Crippen molar-refractivity contribution in [1.29, 1.82) is 0 Å². The Bertz CT molecular complexity index is 414. The summed E-state index contributed by atoms with van der Waals surface area (Å²) in [5.74, 6) is 1.63. The largest absolute Gasteiger partial charge is 0.348 e. The Morgan fingerprint density at radius 1 is 1.40 bits per heavy atom. The zero-order valence-corrected chi connectivity index (χ0v) is 14.2. The molecule has 1 aromatic heterocycles. The summed E-state index contributed by atoms with van der Waals surface area (Å²) in [7, 11) is 0. The molecule has 114 valence electrons. The van der Waals surface area contributed by atoms with Gasteiger partial charge in [-0.15, -0.1) is 11.3 Å². The van der Waals surface area contributed by atoms with Crippen molar-refractivity contribution in [2.75, 3.05) is 24.5 Å². The van der Waals surface area contributed by atoms with Gasteiger partial charge in [0.15, 0.2) is 5.13 Å². The highest BCUT2D eigenvalue weighted by atomic mass is 32.1. The molecule has 1 aromatic rings. The van der Waals surface area contributed by atoms with Gasteiger partial charge in [-0.05, 0) is 31.2 Å². The van der Waals surface area contributed by atoms with Gasteiger partial charge in [-0.1, -0.05) is 34.1 Å². The first kappa shape index (κ1) is 15.8. The Morgan fingerprint density at radius 3 is 2.80 bits per heavy atom. The van der Waals surface area contributed by atoms with Crippen molar-refractivity contribution in [3.8, 4) is 0 Å². The van der Waals surface area contributed by atoms with Crippen LogP contribution in [0.15, 0.2) is 0 Å². The Balaban J connectivity index is 2.08. The highest BCUT2D eigenvalue weighted by Crippen LogP contribution is 2.33. The Hall–Kier alpha value is -0.610. The zero-order chi connectivity index (χ0) is 14.5. The molecule has 1 N–H and O–H groups in total. The molecular formula is C16H29N3S. The van der Waals surface area contributed by atoms with E-state index in [0.717, 1.165) is 31.3 Å². The first-order chi connectivity index (χ1) is 9.65. The molecular weight excluding hydrogens is 266 g/mol. The van der Waals surface area contributed by atoms with E-state index >= 15 is 0 Å². The van der Waals surface area contributed by atoms with E-state index in [1.807, 2.05) is 11.3 Å². The standard InChI is InChI=1S/C16H29N3S/c1-5-7-14-15(10-17-6-2)20-16(18-14)19-9-8-13(11-19)12(3)4/h12-13,17H,5-11H2,1-4H3. The van der Waals surface area contributed by atoms with Crippen molar-refractivity contribution in [3.63, 3.8) is 0 Å². The summed E-state index contributed by atoms with van der Waals surface area (Å²) in [5.41, 5.74) is 1.32. The highest BCUT2D eigenvalue weighted by Gasteiger charge is 2.27. The molecule has 1 fully saturated rings. The van der Waals surface area contributed by atoms with Gasteiger partial charge in [0.1, 0.15) is 0 Å². The second-order valence-electron chi connectivity index (χ2n) is 6.14. The predicted molar refractivity (Wildman–Crippen MR) is 88.6 cm³/mol. The van der Waals surface area contributed by atoms with Crippen molar-refractivity contribution in [1.82, 2.24) is 10.3 Å². The SMILES string of the molecule is CCCc1nc(N2CCC(C(C)C)C2)sc1CNCC. The molecule has 0 aromatic carbocycles. The lowest BCUT2D eigenvalue weighted by Gasteiger charge is -2.16. The topological polar surface area (TPSA) is 28.2 Å². The molecule has 1 atom stereocenters. The molecule has 2 rings (SSSR count). The van der Waals surface area contributed by atoms with E-state index in [1.54, 1.807) is 0 Å². The lowest BCUT2D eigenvalue weighted by molar-refractivity contribution is 0.422. The monoisotopic (exact) mass is 295 g/mol. The first-order valence-corrected chi connectivity index (χ1v) is 8.91. The van der Waals surface area contributed by atoms with E-state index in [-0.39, 0.29) is 0 Å². The highest BCUT2D eigenvalue weighted by molar-refractivity contribution is 7.15. The second kappa shape index (κ2) is 7.41. The average Bonchev–Trinajstić information content (AvgIpc) is 3.03. The number of anilines is 1. The number of thiazole rings is 1. The molecule has 1 aliphatic heterocycles. The minimum atomic E-state index is 0.788. The van der Waals surface area contributed by atoms with Gasteiger partial charge in [0.2, 0.25) is 0 Å². The molecule has 0 bridgehead atoms. The summed E-state index contributed by atoms with van der Waals surface area (Å²) in [5, 5.41) is 4.70. The quantitative estimate of drug-likeness (QED) is 0.831. The van der Waals surface area contributed by atoms with Crippen LogP contribution in [0.4, 0.5) is 5.13 Å². The fraction of sp³-hybridized carbons (Fsp3) is 0.812.